The van der Waals surface area contributed by atoms with Crippen LogP contribution in [0.1, 0.15) is 17.5 Å². The molecule has 3 rings (SSSR count). The highest BCUT2D eigenvalue weighted by Crippen LogP contribution is 2.12. The number of carbonyl (C=O) groups excluding carboxylic acids is 2. The van der Waals surface area contributed by atoms with Crippen LogP contribution < -0.4 is 0 Å². The number of hydrogen-bond donors (Lipinski definition) is 0. The molecule has 0 aliphatic carbocycles. The summed E-state index contributed by atoms with van der Waals surface area (Å²) in [6.45, 7) is 8.93. The fourth-order valence-electron chi connectivity index (χ4n) is 3.11. The SMILES string of the molecule is CCN1CCN(C(=O)N2CCN(C(=O)c3ccco3)CC2)CC1. The van der Waals surface area contributed by atoms with Gasteiger partial charge in [0.15, 0.2) is 5.76 Å². The highest BCUT2D eigenvalue weighted by Gasteiger charge is 2.29. The normalized spacial score (nSPS) is 20.0. The van der Waals surface area contributed by atoms with Gasteiger partial charge in [-0.25, -0.2) is 4.79 Å². The maximum Gasteiger partial charge on any atom is 0.320 e. The van der Waals surface area contributed by atoms with Gasteiger partial charge in [-0.2, -0.15) is 0 Å². The molecule has 2 aliphatic heterocycles. The topological polar surface area (TPSA) is 60.2 Å². The summed E-state index contributed by atoms with van der Waals surface area (Å²) >= 11 is 0. The molecule has 0 spiro atoms. The quantitative estimate of drug-likeness (QED) is 0.808. The Kier molecular flexibility index (Phi) is 4.85. The number of furan rings is 1. The van der Waals surface area contributed by atoms with Crippen LogP contribution in [0.4, 0.5) is 4.79 Å². The van der Waals surface area contributed by atoms with E-state index in [-0.39, 0.29) is 11.9 Å². The second-order valence-electron chi connectivity index (χ2n) is 5.96. The molecule has 0 aromatic carbocycles. The van der Waals surface area contributed by atoms with Gasteiger partial charge in [0.25, 0.3) is 5.91 Å². The number of hydrogen-bond acceptors (Lipinski definition) is 4. The van der Waals surface area contributed by atoms with Crippen LogP contribution >= 0.6 is 0 Å². The van der Waals surface area contributed by atoms with Gasteiger partial charge in [0.2, 0.25) is 0 Å². The van der Waals surface area contributed by atoms with Crippen molar-refractivity contribution in [3.63, 3.8) is 0 Å². The van der Waals surface area contributed by atoms with Crippen LogP contribution in [0, 0.1) is 0 Å². The van der Waals surface area contributed by atoms with E-state index in [1.807, 2.05) is 9.80 Å². The van der Waals surface area contributed by atoms with Crippen LogP contribution in [-0.2, 0) is 0 Å². The van der Waals surface area contributed by atoms with Crippen molar-refractivity contribution in [1.82, 2.24) is 19.6 Å². The van der Waals surface area contributed by atoms with E-state index in [2.05, 4.69) is 11.8 Å². The Morgan fingerprint density at radius 1 is 0.957 bits per heavy atom. The molecular formula is C16H24N4O3. The zero-order valence-electron chi connectivity index (χ0n) is 13.6. The molecule has 3 amide bonds. The third-order valence-corrected chi connectivity index (χ3v) is 4.66. The lowest BCUT2D eigenvalue weighted by Crippen LogP contribution is -2.57. The molecule has 2 fully saturated rings. The molecule has 126 valence electrons. The second-order valence-corrected chi connectivity index (χ2v) is 5.96. The van der Waals surface area contributed by atoms with Crippen molar-refractivity contribution in [2.24, 2.45) is 0 Å². The Hall–Kier alpha value is -2.02. The number of carbonyl (C=O) groups is 2. The fraction of sp³-hybridized carbons (Fsp3) is 0.625. The van der Waals surface area contributed by atoms with Crippen molar-refractivity contribution in [3.8, 4) is 0 Å². The number of urea groups is 1. The van der Waals surface area contributed by atoms with Crippen molar-refractivity contribution in [2.75, 3.05) is 58.9 Å². The van der Waals surface area contributed by atoms with Gasteiger partial charge >= 0.3 is 6.03 Å². The Morgan fingerprint density at radius 2 is 1.52 bits per heavy atom. The first-order valence-electron chi connectivity index (χ1n) is 8.28. The van der Waals surface area contributed by atoms with Gasteiger partial charge in [0.05, 0.1) is 6.26 Å². The number of piperazine rings is 2. The number of likely N-dealkylation sites (N-methyl/N-ethyl adjacent to an activating group) is 1. The van der Waals surface area contributed by atoms with Crippen molar-refractivity contribution < 1.29 is 14.0 Å². The van der Waals surface area contributed by atoms with E-state index in [0.717, 1.165) is 32.7 Å². The minimum atomic E-state index is -0.0985. The van der Waals surface area contributed by atoms with E-state index in [9.17, 15) is 9.59 Å². The van der Waals surface area contributed by atoms with Gasteiger partial charge in [0.1, 0.15) is 0 Å². The molecule has 1 aromatic heterocycles. The summed E-state index contributed by atoms with van der Waals surface area (Å²) in [5, 5.41) is 0. The lowest BCUT2D eigenvalue weighted by Gasteiger charge is -2.40. The molecule has 7 nitrogen and oxygen atoms in total. The molecule has 0 N–H and O–H groups in total. The van der Waals surface area contributed by atoms with Gasteiger partial charge in [-0.1, -0.05) is 6.92 Å². The maximum atomic E-state index is 12.6. The summed E-state index contributed by atoms with van der Waals surface area (Å²) < 4.78 is 5.15. The lowest BCUT2D eigenvalue weighted by molar-refractivity contribution is 0.0587. The molecule has 0 bridgehead atoms. The highest BCUT2D eigenvalue weighted by atomic mass is 16.3. The number of rotatable bonds is 2. The summed E-state index contributed by atoms with van der Waals surface area (Å²) in [6, 6.07) is 3.49. The third-order valence-electron chi connectivity index (χ3n) is 4.66. The Morgan fingerprint density at radius 3 is 2.04 bits per heavy atom. The standard InChI is InChI=1S/C16H24N4O3/c1-2-17-5-7-19(8-6-17)16(22)20-11-9-18(10-12-20)15(21)14-4-3-13-23-14/h3-4,13H,2,5-12H2,1H3. The highest BCUT2D eigenvalue weighted by molar-refractivity contribution is 5.91. The Labute approximate surface area is 136 Å². The third kappa shape index (κ3) is 3.50. The zero-order valence-corrected chi connectivity index (χ0v) is 13.6. The van der Waals surface area contributed by atoms with Crippen LogP contribution in [0.5, 0.6) is 0 Å². The average molecular weight is 320 g/mol. The van der Waals surface area contributed by atoms with Crippen LogP contribution in [0.2, 0.25) is 0 Å². The fourth-order valence-corrected chi connectivity index (χ4v) is 3.11. The Balaban J connectivity index is 1.49. The van der Waals surface area contributed by atoms with E-state index in [0.29, 0.717) is 31.9 Å². The minimum Gasteiger partial charge on any atom is -0.459 e. The summed E-state index contributed by atoms with van der Waals surface area (Å²) in [7, 11) is 0. The van der Waals surface area contributed by atoms with Gasteiger partial charge in [-0.15, -0.1) is 0 Å². The molecule has 0 radical (unpaired) electrons. The van der Waals surface area contributed by atoms with E-state index in [1.54, 1.807) is 17.0 Å². The van der Waals surface area contributed by atoms with Crippen molar-refractivity contribution in [1.29, 1.82) is 0 Å². The lowest BCUT2D eigenvalue weighted by atomic mass is 10.2. The Bertz CT molecular complexity index is 530. The molecule has 2 saturated heterocycles. The molecule has 7 heteroatoms. The van der Waals surface area contributed by atoms with Crippen LogP contribution in [0.3, 0.4) is 0 Å². The summed E-state index contributed by atoms with van der Waals surface area (Å²) in [4.78, 5) is 32.7. The van der Waals surface area contributed by atoms with Crippen LogP contribution in [0.15, 0.2) is 22.8 Å². The van der Waals surface area contributed by atoms with Gasteiger partial charge in [0, 0.05) is 52.4 Å². The molecular weight excluding hydrogens is 296 g/mol. The zero-order chi connectivity index (χ0) is 16.2. The predicted octanol–water partition coefficient (Wildman–Crippen LogP) is 0.795. The molecule has 0 atom stereocenters. The molecule has 1 aromatic rings. The van der Waals surface area contributed by atoms with Gasteiger partial charge < -0.3 is 24.0 Å². The molecule has 0 unspecified atom stereocenters. The number of amides is 3. The molecule has 2 aliphatic rings. The van der Waals surface area contributed by atoms with Crippen molar-refractivity contribution in [2.45, 2.75) is 6.92 Å². The first-order chi connectivity index (χ1) is 11.2. The second kappa shape index (κ2) is 7.04. The molecule has 23 heavy (non-hydrogen) atoms. The van der Waals surface area contributed by atoms with Gasteiger partial charge in [-0.3, -0.25) is 4.79 Å². The monoisotopic (exact) mass is 320 g/mol. The summed E-state index contributed by atoms with van der Waals surface area (Å²) in [6.07, 6.45) is 1.50. The van der Waals surface area contributed by atoms with Crippen LogP contribution in [-0.4, -0.2) is 90.4 Å². The average Bonchev–Trinajstić information content (AvgIpc) is 3.15. The van der Waals surface area contributed by atoms with E-state index in [1.165, 1.54) is 6.26 Å². The largest absolute Gasteiger partial charge is 0.459 e. The smallest absolute Gasteiger partial charge is 0.320 e. The summed E-state index contributed by atoms with van der Waals surface area (Å²) in [5.74, 6) is 0.263. The van der Waals surface area contributed by atoms with Crippen molar-refractivity contribution in [3.05, 3.63) is 24.2 Å². The van der Waals surface area contributed by atoms with E-state index in [4.69, 9.17) is 4.42 Å². The minimum absolute atomic E-state index is 0.0985. The molecule has 3 heterocycles. The first kappa shape index (κ1) is 15.9. The van der Waals surface area contributed by atoms with Gasteiger partial charge in [-0.05, 0) is 18.7 Å². The maximum absolute atomic E-state index is 12.6. The van der Waals surface area contributed by atoms with E-state index >= 15 is 0 Å². The predicted molar refractivity (Wildman–Crippen MR) is 85.3 cm³/mol. The van der Waals surface area contributed by atoms with Crippen LogP contribution in [0.25, 0.3) is 0 Å². The first-order valence-corrected chi connectivity index (χ1v) is 8.28. The van der Waals surface area contributed by atoms with Crippen molar-refractivity contribution >= 4 is 11.9 Å². The van der Waals surface area contributed by atoms with E-state index < -0.39 is 0 Å². The summed E-state index contributed by atoms with van der Waals surface area (Å²) in [5.41, 5.74) is 0. The molecule has 0 saturated carbocycles. The number of nitrogens with zero attached hydrogens (tertiary/aromatic N) is 4.